The summed E-state index contributed by atoms with van der Waals surface area (Å²) in [5.41, 5.74) is 0. The predicted octanol–water partition coefficient (Wildman–Crippen LogP) is 1.45. The van der Waals surface area contributed by atoms with E-state index >= 15 is 0 Å². The third-order valence-corrected chi connectivity index (χ3v) is 0.940. The molecule has 0 aliphatic carbocycles. The molecular weight excluding hydrogens is 141 g/mol. The van der Waals surface area contributed by atoms with Crippen molar-refractivity contribution in [1.82, 2.24) is 0 Å². The van der Waals surface area contributed by atoms with E-state index < -0.39 is 20.4 Å². The Morgan fingerprint density at radius 1 is 1.62 bits per heavy atom. The first kappa shape index (κ1) is 15.8. The van der Waals surface area contributed by atoms with Crippen molar-refractivity contribution in [2.45, 2.75) is 0 Å². The highest BCUT2D eigenvalue weighted by Gasteiger charge is 1.79. The molecule has 0 aromatic carbocycles. The van der Waals surface area contributed by atoms with Gasteiger partial charge in [0.1, 0.15) is 0 Å². The molecule has 0 saturated heterocycles. The monoisotopic (exact) mass is 149 g/mol. The molecule has 0 aliphatic rings. The molecule has 0 aromatic heterocycles. The smallest absolute Gasteiger partial charge is 0.317 e. The minimum absolute atomic E-state index is 0. The number of hydrogen-bond donors (Lipinski definition) is 1. The Kier molecular flexibility index (Phi) is 51.7. The van der Waals surface area contributed by atoms with Crippen molar-refractivity contribution in [1.29, 1.82) is 5.41 Å². The maximum Gasteiger partial charge on any atom is 0.443 e. The van der Waals surface area contributed by atoms with Gasteiger partial charge >= 0.3 is 20.4 Å². The zero-order chi connectivity index (χ0) is 6.12. The van der Waals surface area contributed by atoms with Crippen LogP contribution in [0.2, 0.25) is 0 Å². The van der Waals surface area contributed by atoms with Gasteiger partial charge in [-0.15, -0.1) is 19.0 Å². The van der Waals surface area contributed by atoms with Crippen molar-refractivity contribution < 1.29 is 4.39 Å². The van der Waals surface area contributed by atoms with E-state index in [9.17, 15) is 4.39 Å². The Balaban J connectivity index is -0.0000000750. The van der Waals surface area contributed by atoms with Crippen LogP contribution >= 0.6 is 12.4 Å². The molecule has 0 rings (SSSR count). The molecule has 1 N–H and O–H groups in total. The summed E-state index contributed by atoms with van der Waals surface area (Å²) in [5.74, 6) is 0. The molecule has 8 heavy (non-hydrogen) atoms. The number of nitrogens with one attached hydrogen (secondary N) is 1. The van der Waals surface area contributed by atoms with Crippen LogP contribution in [0.3, 0.4) is 0 Å². The second-order valence-electron chi connectivity index (χ2n) is 0.766. The first-order valence-corrected chi connectivity index (χ1v) is 3.75. The molecular formula is C4H9ClFMgN. The summed E-state index contributed by atoms with van der Waals surface area (Å²) < 4.78 is 12.7. The summed E-state index contributed by atoms with van der Waals surface area (Å²) >= 11 is -0.471. The molecule has 0 aromatic rings. The lowest BCUT2D eigenvalue weighted by Gasteiger charge is -1.62. The third-order valence-electron chi connectivity index (χ3n) is 0.313. The van der Waals surface area contributed by atoms with Crippen LogP contribution in [0.4, 0.5) is 4.39 Å². The second kappa shape index (κ2) is 26.2. The van der Waals surface area contributed by atoms with Gasteiger partial charge in [-0.3, -0.25) is 4.39 Å². The van der Waals surface area contributed by atoms with E-state index in [2.05, 4.69) is 13.3 Å². The number of halogens is 2. The molecule has 0 aliphatic heterocycles. The Morgan fingerprint density at radius 3 is 2.00 bits per heavy atom. The molecule has 0 radical (unpaired) electrons. The highest BCUT2D eigenvalue weighted by Crippen LogP contribution is 1.60. The molecule has 0 atom stereocenters. The van der Waals surface area contributed by atoms with Gasteiger partial charge in [-0.05, 0) is 11.5 Å². The van der Waals surface area contributed by atoms with Crippen LogP contribution in [-0.2, 0) is 0 Å². The minimum atomic E-state index is -0.471. The summed E-state index contributed by atoms with van der Waals surface area (Å²) in [7, 11) is 0. The normalized spacial score (nSPS) is 4.12. The molecule has 46 valence electrons. The van der Waals surface area contributed by atoms with Crippen molar-refractivity contribution in [2.24, 2.45) is 0 Å². The average molecular weight is 150 g/mol. The van der Waals surface area contributed by atoms with Gasteiger partial charge in [-0.1, -0.05) is 0 Å². The lowest BCUT2D eigenvalue weighted by molar-refractivity contribution is 0.595. The zero-order valence-electron chi connectivity index (χ0n) is 4.69. The first-order chi connectivity index (χ1) is 3.41. The molecule has 0 amide bonds. The van der Waals surface area contributed by atoms with E-state index in [0.29, 0.717) is 0 Å². The van der Waals surface area contributed by atoms with Gasteiger partial charge in [0.25, 0.3) is 0 Å². The molecule has 0 spiro atoms. The van der Waals surface area contributed by atoms with E-state index in [1.807, 2.05) is 0 Å². The average Bonchev–Trinajstić information content (AvgIpc) is 1.75. The summed E-state index contributed by atoms with van der Waals surface area (Å²) in [6.07, 6.45) is 0. The van der Waals surface area contributed by atoms with Crippen LogP contribution < -0.4 is 0 Å². The van der Waals surface area contributed by atoms with Crippen molar-refractivity contribution >= 4 is 39.5 Å². The van der Waals surface area contributed by atoms with Gasteiger partial charge in [0.15, 0.2) is 0 Å². The van der Waals surface area contributed by atoms with Crippen LogP contribution in [0.5, 0.6) is 0 Å². The van der Waals surface area contributed by atoms with Crippen molar-refractivity contribution in [3.8, 4) is 0 Å². The van der Waals surface area contributed by atoms with Crippen LogP contribution in [0.25, 0.3) is 0 Å². The zero-order valence-corrected chi connectivity index (χ0v) is 6.92. The van der Waals surface area contributed by atoms with Crippen LogP contribution in [0, 0.1) is 5.41 Å². The molecule has 0 bridgehead atoms. The van der Waals surface area contributed by atoms with E-state index in [-0.39, 0.29) is 17.2 Å². The lowest BCUT2D eigenvalue weighted by Crippen LogP contribution is -1.82. The highest BCUT2D eigenvalue weighted by molar-refractivity contribution is 6.41. The van der Waals surface area contributed by atoms with E-state index in [0.717, 1.165) is 0 Å². The third kappa shape index (κ3) is 32.4. The quantitative estimate of drug-likeness (QED) is 0.454. The van der Waals surface area contributed by atoms with Crippen molar-refractivity contribution in [2.75, 3.05) is 4.80 Å². The van der Waals surface area contributed by atoms with Gasteiger partial charge < -0.3 is 5.41 Å². The Hall–Kier alpha value is 0.396. The number of hydrogen-bond acceptors (Lipinski definition) is 1. The lowest BCUT2D eigenvalue weighted by atomic mass is 11.3. The highest BCUT2D eigenvalue weighted by atomic mass is 35.5. The molecule has 4 heteroatoms. The van der Waals surface area contributed by atoms with Crippen molar-refractivity contribution in [3.05, 3.63) is 10.8 Å². The molecule has 0 saturated carbocycles. The largest absolute Gasteiger partial charge is 0.443 e. The fraction of sp³-hybridized carbons (Fsp3) is 0.250. The van der Waals surface area contributed by atoms with Gasteiger partial charge in [0.2, 0.25) is 0 Å². The van der Waals surface area contributed by atoms with Gasteiger partial charge in [-0.25, -0.2) is 4.21 Å². The number of alkyl halides is 1. The summed E-state index contributed by atoms with van der Waals surface area (Å²) in [6, 6.07) is 0. The van der Waals surface area contributed by atoms with E-state index in [4.69, 9.17) is 5.41 Å². The van der Waals surface area contributed by atoms with Crippen LogP contribution in [0.1, 0.15) is 0 Å². The molecule has 1 nitrogen and oxygen atoms in total. The second-order valence-corrected chi connectivity index (χ2v) is 2.30. The minimum Gasteiger partial charge on any atom is -0.317 e. The predicted molar refractivity (Wildman–Crippen MR) is 39.0 cm³/mol. The Labute approximate surface area is 65.0 Å². The topological polar surface area (TPSA) is 23.9 Å². The fourth-order valence-electron chi connectivity index (χ4n) is 0.0772. The maximum atomic E-state index is 11.0. The SMILES string of the molecule is C=N.C=[CH][Mg][CH2]F.Cl. The maximum absolute atomic E-state index is 11.0. The van der Waals surface area contributed by atoms with E-state index in [1.165, 1.54) is 0 Å². The molecule has 0 fully saturated rings. The van der Waals surface area contributed by atoms with Gasteiger partial charge in [-0.2, -0.15) is 0 Å². The Bertz CT molecular complexity index is 45.0. The van der Waals surface area contributed by atoms with Gasteiger partial charge in [0, 0.05) is 0 Å². The van der Waals surface area contributed by atoms with Gasteiger partial charge in [0.05, 0.1) is 0 Å². The summed E-state index contributed by atoms with van der Waals surface area (Å²) in [5, 5.41) is 5.50. The standard InChI is InChI=1S/C2H3.CH2F.CH3N.ClH.Mg/c3*1-2;;/h1H,2H2;1H2;2H,1H2;1H;. The van der Waals surface area contributed by atoms with Crippen molar-refractivity contribution in [3.63, 3.8) is 0 Å². The first-order valence-electron chi connectivity index (χ1n) is 1.94. The fourth-order valence-corrected chi connectivity index (χ4v) is 0.231. The summed E-state index contributed by atoms with van der Waals surface area (Å²) in [6.45, 7) is 5.87. The van der Waals surface area contributed by atoms with Crippen LogP contribution in [-0.4, -0.2) is 31.9 Å². The van der Waals surface area contributed by atoms with E-state index in [1.54, 1.807) is 4.21 Å². The van der Waals surface area contributed by atoms with Crippen LogP contribution in [0.15, 0.2) is 10.8 Å². The Morgan fingerprint density at radius 2 is 2.00 bits per heavy atom. The number of rotatable bonds is 2. The molecule has 0 unspecified atom stereocenters. The molecule has 0 heterocycles. The summed E-state index contributed by atoms with van der Waals surface area (Å²) in [4.78, 5) is -0.135.